The van der Waals surface area contributed by atoms with E-state index in [0.29, 0.717) is 28.5 Å². The summed E-state index contributed by atoms with van der Waals surface area (Å²) >= 11 is 7.36. The maximum atomic E-state index is 12.3. The molecular formula is C19H20ClN3O3S. The summed E-state index contributed by atoms with van der Waals surface area (Å²) in [6, 6.07) is 12.0. The molecule has 0 heterocycles. The van der Waals surface area contributed by atoms with Gasteiger partial charge >= 0.3 is 0 Å². The molecule has 2 aromatic carbocycles. The second-order valence-electron chi connectivity index (χ2n) is 5.57. The molecular weight excluding hydrogens is 386 g/mol. The van der Waals surface area contributed by atoms with Crippen molar-refractivity contribution in [1.82, 2.24) is 5.32 Å². The number of para-hydroxylation sites is 1. The number of thioether (sulfide) groups is 1. The van der Waals surface area contributed by atoms with Crippen LogP contribution in [0.1, 0.15) is 24.2 Å². The first kappa shape index (κ1) is 20.8. The maximum Gasteiger partial charge on any atom is 0.252 e. The monoisotopic (exact) mass is 405 g/mol. The van der Waals surface area contributed by atoms with Crippen LogP contribution in [0.5, 0.6) is 0 Å². The molecule has 27 heavy (non-hydrogen) atoms. The Labute approximate surface area is 167 Å². The SMILES string of the molecule is CCNC(=O)c1cc(NC(=O)CSc2ccccc2NC(C)=O)ccc1Cl. The predicted octanol–water partition coefficient (Wildman–Crippen LogP) is 3.78. The van der Waals surface area contributed by atoms with Gasteiger partial charge in [0.2, 0.25) is 11.8 Å². The molecule has 0 aliphatic heterocycles. The number of halogens is 1. The summed E-state index contributed by atoms with van der Waals surface area (Å²) in [5.74, 6) is -0.555. The minimum absolute atomic E-state index is 0.149. The third kappa shape index (κ3) is 6.30. The second-order valence-corrected chi connectivity index (χ2v) is 6.99. The fourth-order valence-electron chi connectivity index (χ4n) is 2.26. The Morgan fingerprint density at radius 2 is 1.81 bits per heavy atom. The highest BCUT2D eigenvalue weighted by Gasteiger charge is 2.12. The predicted molar refractivity (Wildman–Crippen MR) is 110 cm³/mol. The van der Waals surface area contributed by atoms with Gasteiger partial charge in [-0.1, -0.05) is 23.7 Å². The third-order valence-electron chi connectivity index (χ3n) is 3.39. The van der Waals surface area contributed by atoms with Crippen LogP contribution in [-0.4, -0.2) is 30.0 Å². The van der Waals surface area contributed by atoms with Gasteiger partial charge in [0.25, 0.3) is 5.91 Å². The summed E-state index contributed by atoms with van der Waals surface area (Å²) in [6.45, 7) is 3.73. The Bertz CT molecular complexity index is 858. The van der Waals surface area contributed by atoms with Gasteiger partial charge in [-0.25, -0.2) is 0 Å². The number of carbonyl (C=O) groups excluding carboxylic acids is 3. The van der Waals surface area contributed by atoms with Gasteiger partial charge in [0.05, 0.1) is 22.0 Å². The van der Waals surface area contributed by atoms with Gasteiger partial charge in [-0.15, -0.1) is 11.8 Å². The molecule has 0 fully saturated rings. The first-order chi connectivity index (χ1) is 12.9. The normalized spacial score (nSPS) is 10.2. The number of nitrogens with one attached hydrogen (secondary N) is 3. The van der Waals surface area contributed by atoms with Crippen LogP contribution in [0.3, 0.4) is 0 Å². The molecule has 0 unspecified atom stereocenters. The first-order valence-corrected chi connectivity index (χ1v) is 9.64. The quantitative estimate of drug-likeness (QED) is 0.612. The van der Waals surface area contributed by atoms with E-state index in [1.54, 1.807) is 24.3 Å². The van der Waals surface area contributed by atoms with Crippen LogP contribution in [0.15, 0.2) is 47.4 Å². The van der Waals surface area contributed by atoms with Crippen molar-refractivity contribution in [3.8, 4) is 0 Å². The van der Waals surface area contributed by atoms with Gasteiger partial charge in [-0.2, -0.15) is 0 Å². The minimum atomic E-state index is -0.294. The van der Waals surface area contributed by atoms with Crippen molar-refractivity contribution < 1.29 is 14.4 Å². The minimum Gasteiger partial charge on any atom is -0.352 e. The largest absolute Gasteiger partial charge is 0.352 e. The zero-order chi connectivity index (χ0) is 19.8. The van der Waals surface area contributed by atoms with E-state index in [4.69, 9.17) is 11.6 Å². The lowest BCUT2D eigenvalue weighted by atomic mass is 10.2. The Morgan fingerprint density at radius 3 is 2.52 bits per heavy atom. The van der Waals surface area contributed by atoms with Crippen LogP contribution in [0, 0.1) is 0 Å². The number of anilines is 2. The molecule has 0 spiro atoms. The molecule has 0 radical (unpaired) electrons. The zero-order valence-corrected chi connectivity index (χ0v) is 16.5. The van der Waals surface area contributed by atoms with Crippen molar-refractivity contribution >= 4 is 52.5 Å². The van der Waals surface area contributed by atoms with Crippen molar-refractivity contribution in [3.63, 3.8) is 0 Å². The molecule has 0 atom stereocenters. The molecule has 0 bridgehead atoms. The Kier molecular flexibility index (Phi) is 7.69. The van der Waals surface area contributed by atoms with Gasteiger partial charge in [0.15, 0.2) is 0 Å². The van der Waals surface area contributed by atoms with Crippen molar-refractivity contribution in [2.24, 2.45) is 0 Å². The average molecular weight is 406 g/mol. The summed E-state index contributed by atoms with van der Waals surface area (Å²) in [5, 5.41) is 8.48. The number of rotatable bonds is 7. The molecule has 0 saturated heterocycles. The van der Waals surface area contributed by atoms with E-state index in [-0.39, 0.29) is 23.5 Å². The molecule has 3 amide bonds. The van der Waals surface area contributed by atoms with E-state index in [0.717, 1.165) is 4.90 Å². The van der Waals surface area contributed by atoms with Crippen molar-refractivity contribution in [3.05, 3.63) is 53.1 Å². The van der Waals surface area contributed by atoms with Crippen molar-refractivity contribution in [2.75, 3.05) is 22.9 Å². The van der Waals surface area contributed by atoms with Gasteiger partial charge < -0.3 is 16.0 Å². The molecule has 6 nitrogen and oxygen atoms in total. The highest BCUT2D eigenvalue weighted by molar-refractivity contribution is 8.00. The standard InChI is InChI=1S/C19H20ClN3O3S/c1-3-21-19(26)14-10-13(8-9-15(14)20)23-18(25)11-27-17-7-5-4-6-16(17)22-12(2)24/h4-10H,3,11H2,1-2H3,(H,21,26)(H,22,24)(H,23,25). The van der Waals surface area contributed by atoms with Crippen LogP contribution in [-0.2, 0) is 9.59 Å². The molecule has 0 aromatic heterocycles. The molecule has 0 saturated carbocycles. The fourth-order valence-corrected chi connectivity index (χ4v) is 3.27. The first-order valence-electron chi connectivity index (χ1n) is 8.27. The van der Waals surface area contributed by atoms with Crippen LogP contribution < -0.4 is 16.0 Å². The highest BCUT2D eigenvalue weighted by Crippen LogP contribution is 2.27. The molecule has 0 aliphatic rings. The summed E-state index contributed by atoms with van der Waals surface area (Å²) in [5.41, 5.74) is 1.45. The zero-order valence-electron chi connectivity index (χ0n) is 15.0. The third-order valence-corrected chi connectivity index (χ3v) is 4.79. The lowest BCUT2D eigenvalue weighted by molar-refractivity contribution is -0.114. The van der Waals surface area contributed by atoms with Gasteiger partial charge in [0.1, 0.15) is 0 Å². The van der Waals surface area contributed by atoms with Crippen LogP contribution in [0.4, 0.5) is 11.4 Å². The van der Waals surface area contributed by atoms with Crippen molar-refractivity contribution in [2.45, 2.75) is 18.7 Å². The topological polar surface area (TPSA) is 87.3 Å². The molecule has 3 N–H and O–H groups in total. The number of amides is 3. The van der Waals surface area contributed by atoms with Crippen LogP contribution >= 0.6 is 23.4 Å². The van der Waals surface area contributed by atoms with E-state index in [1.807, 2.05) is 25.1 Å². The van der Waals surface area contributed by atoms with Crippen LogP contribution in [0.25, 0.3) is 0 Å². The van der Waals surface area contributed by atoms with Gasteiger partial charge in [-0.3, -0.25) is 14.4 Å². The molecule has 2 rings (SSSR count). The summed E-state index contributed by atoms with van der Waals surface area (Å²) < 4.78 is 0. The Hall–Kier alpha value is -2.51. The van der Waals surface area contributed by atoms with Crippen molar-refractivity contribution in [1.29, 1.82) is 0 Å². The highest BCUT2D eigenvalue weighted by atomic mass is 35.5. The molecule has 0 aliphatic carbocycles. The van der Waals surface area contributed by atoms with E-state index in [1.165, 1.54) is 18.7 Å². The van der Waals surface area contributed by atoms with E-state index in [2.05, 4.69) is 16.0 Å². The number of carbonyl (C=O) groups is 3. The van der Waals surface area contributed by atoms with Crippen LogP contribution in [0.2, 0.25) is 5.02 Å². The lowest BCUT2D eigenvalue weighted by Gasteiger charge is -2.11. The fraction of sp³-hybridized carbons (Fsp3) is 0.211. The summed E-state index contributed by atoms with van der Waals surface area (Å²) in [4.78, 5) is 36.3. The van der Waals surface area contributed by atoms with Gasteiger partial charge in [-0.05, 0) is 37.3 Å². The number of hydrogen-bond acceptors (Lipinski definition) is 4. The molecule has 8 heteroatoms. The van der Waals surface area contributed by atoms with E-state index >= 15 is 0 Å². The molecule has 142 valence electrons. The smallest absolute Gasteiger partial charge is 0.252 e. The Morgan fingerprint density at radius 1 is 1.07 bits per heavy atom. The summed E-state index contributed by atoms with van der Waals surface area (Å²) in [7, 11) is 0. The van der Waals surface area contributed by atoms with Gasteiger partial charge in [0, 0.05) is 24.1 Å². The van der Waals surface area contributed by atoms with E-state index < -0.39 is 0 Å². The lowest BCUT2D eigenvalue weighted by Crippen LogP contribution is -2.23. The van der Waals surface area contributed by atoms with E-state index in [9.17, 15) is 14.4 Å². The Balaban J connectivity index is 2.02. The number of benzene rings is 2. The number of hydrogen-bond donors (Lipinski definition) is 3. The summed E-state index contributed by atoms with van der Waals surface area (Å²) in [6.07, 6.45) is 0. The second kappa shape index (κ2) is 9.99. The maximum absolute atomic E-state index is 12.3. The molecule has 2 aromatic rings. The average Bonchev–Trinajstić information content (AvgIpc) is 2.62.